The van der Waals surface area contributed by atoms with E-state index >= 15 is 0 Å². The van der Waals surface area contributed by atoms with Crippen molar-refractivity contribution in [3.05, 3.63) is 78.5 Å². The van der Waals surface area contributed by atoms with E-state index in [0.29, 0.717) is 36.2 Å². The minimum atomic E-state index is -0.235. The molecule has 3 aromatic heterocycles. The smallest absolute Gasteiger partial charge is 0.274 e. The zero-order chi connectivity index (χ0) is 32.1. The van der Waals surface area contributed by atoms with Crippen molar-refractivity contribution in [1.29, 1.82) is 0 Å². The first-order chi connectivity index (χ1) is 22.2. The van der Waals surface area contributed by atoms with E-state index in [0.717, 1.165) is 71.8 Å². The first-order valence-electron chi connectivity index (χ1n) is 16.3. The molecule has 46 heavy (non-hydrogen) atoms. The summed E-state index contributed by atoms with van der Waals surface area (Å²) in [5.74, 6) is 0.613. The quantitative estimate of drug-likeness (QED) is 0.276. The summed E-state index contributed by atoms with van der Waals surface area (Å²) < 4.78 is 8.73. The van der Waals surface area contributed by atoms with Crippen LogP contribution in [0, 0.1) is 0 Å². The maximum absolute atomic E-state index is 14.0. The summed E-state index contributed by atoms with van der Waals surface area (Å²) in [5, 5.41) is 18.7. The highest BCUT2D eigenvalue weighted by Crippen LogP contribution is 2.41. The van der Waals surface area contributed by atoms with Crippen LogP contribution in [0.25, 0.3) is 11.1 Å². The van der Waals surface area contributed by atoms with Gasteiger partial charge in [0.05, 0.1) is 42.1 Å². The second-order valence-corrected chi connectivity index (χ2v) is 13.9. The topological polar surface area (TPSA) is 105 Å². The van der Waals surface area contributed by atoms with Crippen molar-refractivity contribution >= 4 is 34.4 Å². The van der Waals surface area contributed by atoms with E-state index in [1.165, 1.54) is 28.8 Å². The molecule has 0 atom stereocenters. The number of carbonyl (C=O) groups excluding carboxylic acids is 1. The van der Waals surface area contributed by atoms with Gasteiger partial charge in [-0.2, -0.15) is 5.10 Å². The van der Waals surface area contributed by atoms with Gasteiger partial charge in [0.2, 0.25) is 0 Å². The Balaban J connectivity index is 1.23. The van der Waals surface area contributed by atoms with Crippen molar-refractivity contribution in [2.24, 2.45) is 14.1 Å². The fraction of sp³-hybridized carbons (Fsp3) is 0.457. The maximum atomic E-state index is 14.0. The zero-order valence-electron chi connectivity index (χ0n) is 27.1. The standard InChI is InChI=1S/C35H42N6O4S/c1-5-21-12-27(28(18-42)30(13-21)41-11-10-26-25-8-6-7-9-31(25)46-33(26)35(41)44)22-14-29(34(43)39(3)16-22)36-32-15-23(40(4)37-32)17-38(2)24-19-45-20-24/h12-16,24,42H,5-11,17-20H2,1-4H3,(H,36,37). The Hall–Kier alpha value is -3.77. The number of hydrogen-bond acceptors (Lipinski definition) is 8. The SMILES string of the molecule is CCc1cc(-c2cc(Nc3cc(CN(C)C4COC4)n(C)n3)c(=O)n(C)c2)c(CO)c(N2CCc3c(sc4c3CCCC4)C2=O)c1. The molecule has 1 saturated heterocycles. The number of amides is 1. The molecule has 1 aromatic carbocycles. The monoisotopic (exact) mass is 642 g/mol. The lowest BCUT2D eigenvalue weighted by Crippen LogP contribution is -2.46. The van der Waals surface area contributed by atoms with Crippen molar-refractivity contribution < 1.29 is 14.6 Å². The number of pyridine rings is 1. The normalized spacial score (nSPS) is 16.5. The van der Waals surface area contributed by atoms with Crippen LogP contribution >= 0.6 is 11.3 Å². The first kappa shape index (κ1) is 30.9. The number of benzene rings is 1. The van der Waals surface area contributed by atoms with Gasteiger partial charge in [0.15, 0.2) is 5.82 Å². The van der Waals surface area contributed by atoms with Crippen molar-refractivity contribution in [1.82, 2.24) is 19.2 Å². The predicted octanol–water partition coefficient (Wildman–Crippen LogP) is 4.56. The van der Waals surface area contributed by atoms with Gasteiger partial charge >= 0.3 is 0 Å². The van der Waals surface area contributed by atoms with Gasteiger partial charge in [0.1, 0.15) is 5.69 Å². The fourth-order valence-corrected chi connectivity index (χ4v) is 8.38. The number of anilines is 3. The number of carbonyl (C=O) groups is 1. The van der Waals surface area contributed by atoms with Gasteiger partial charge in [-0.25, -0.2) is 0 Å². The molecule has 0 unspecified atom stereocenters. The van der Waals surface area contributed by atoms with E-state index < -0.39 is 0 Å². The van der Waals surface area contributed by atoms with Crippen molar-refractivity contribution in [3.8, 4) is 11.1 Å². The van der Waals surface area contributed by atoms with Crippen molar-refractivity contribution in [2.75, 3.05) is 37.0 Å². The summed E-state index contributed by atoms with van der Waals surface area (Å²) in [4.78, 5) is 33.7. The Kier molecular flexibility index (Phi) is 8.35. The van der Waals surface area contributed by atoms with Crippen LogP contribution in [0.15, 0.2) is 35.3 Å². The van der Waals surface area contributed by atoms with Crippen LogP contribution in [0.5, 0.6) is 0 Å². The summed E-state index contributed by atoms with van der Waals surface area (Å²) in [6.07, 6.45) is 7.90. The molecule has 3 aliphatic rings. The van der Waals surface area contributed by atoms with Crippen LogP contribution in [0.3, 0.4) is 0 Å². The number of aryl methyl sites for hydroxylation is 4. The summed E-state index contributed by atoms with van der Waals surface area (Å²) in [6.45, 7) is 4.63. The van der Waals surface area contributed by atoms with Crippen LogP contribution in [-0.4, -0.2) is 63.1 Å². The lowest BCUT2D eigenvalue weighted by molar-refractivity contribution is -0.0592. The highest BCUT2D eigenvalue weighted by molar-refractivity contribution is 7.14. The Labute approximate surface area is 273 Å². The molecule has 0 radical (unpaired) electrons. The third-order valence-electron chi connectivity index (χ3n) is 9.84. The number of likely N-dealkylation sites (N-methyl/N-ethyl adjacent to an activating group) is 1. The largest absolute Gasteiger partial charge is 0.392 e. The number of thiophene rings is 1. The van der Waals surface area contributed by atoms with Gasteiger partial charge in [-0.3, -0.25) is 19.2 Å². The van der Waals surface area contributed by atoms with Gasteiger partial charge in [-0.15, -0.1) is 11.3 Å². The van der Waals surface area contributed by atoms with Crippen LogP contribution in [0.2, 0.25) is 0 Å². The summed E-state index contributed by atoms with van der Waals surface area (Å²) >= 11 is 1.67. The number of hydrogen-bond donors (Lipinski definition) is 2. The van der Waals surface area contributed by atoms with Crippen LogP contribution in [0.4, 0.5) is 17.2 Å². The Morgan fingerprint density at radius 2 is 1.89 bits per heavy atom. The number of rotatable bonds is 9. The van der Waals surface area contributed by atoms with E-state index in [2.05, 4.69) is 41.4 Å². The minimum Gasteiger partial charge on any atom is -0.392 e. The molecule has 1 amide bonds. The predicted molar refractivity (Wildman–Crippen MR) is 181 cm³/mol. The highest BCUT2D eigenvalue weighted by Gasteiger charge is 2.33. The maximum Gasteiger partial charge on any atom is 0.274 e. The number of aliphatic hydroxyl groups excluding tert-OH is 1. The molecular formula is C35H42N6O4S. The van der Waals surface area contributed by atoms with E-state index in [1.807, 2.05) is 28.8 Å². The van der Waals surface area contributed by atoms with Gasteiger partial charge in [-0.1, -0.05) is 13.0 Å². The number of aliphatic hydroxyl groups is 1. The average molecular weight is 643 g/mol. The molecule has 1 aliphatic carbocycles. The molecule has 242 valence electrons. The molecule has 11 heteroatoms. The molecule has 0 spiro atoms. The fourth-order valence-electron chi connectivity index (χ4n) is 6.99. The van der Waals surface area contributed by atoms with Gasteiger partial charge < -0.3 is 24.6 Å². The van der Waals surface area contributed by atoms with E-state index in [4.69, 9.17) is 4.74 Å². The molecule has 1 fully saturated rings. The van der Waals surface area contributed by atoms with E-state index in [-0.39, 0.29) is 18.1 Å². The van der Waals surface area contributed by atoms with Crippen LogP contribution in [0.1, 0.15) is 62.3 Å². The molecule has 2 aliphatic heterocycles. The molecular weight excluding hydrogens is 600 g/mol. The number of fused-ring (bicyclic) bond motifs is 3. The summed E-state index contributed by atoms with van der Waals surface area (Å²) in [7, 11) is 5.71. The minimum absolute atomic E-state index is 0.0267. The van der Waals surface area contributed by atoms with Gasteiger partial charge in [0, 0.05) is 55.5 Å². The summed E-state index contributed by atoms with van der Waals surface area (Å²) in [6, 6.07) is 8.32. The third kappa shape index (κ3) is 5.49. The number of nitrogens with one attached hydrogen (secondary N) is 1. The molecule has 0 saturated carbocycles. The molecule has 10 nitrogen and oxygen atoms in total. The molecule has 7 rings (SSSR count). The molecule has 2 N–H and O–H groups in total. The Morgan fingerprint density at radius 1 is 1.09 bits per heavy atom. The average Bonchev–Trinajstić information content (AvgIpc) is 3.57. The highest BCUT2D eigenvalue weighted by atomic mass is 32.1. The van der Waals surface area contributed by atoms with Crippen molar-refractivity contribution in [3.63, 3.8) is 0 Å². The number of ether oxygens (including phenoxy) is 1. The third-order valence-corrected chi connectivity index (χ3v) is 11.2. The Bertz CT molecular complexity index is 1870. The van der Waals surface area contributed by atoms with Crippen molar-refractivity contribution in [2.45, 2.75) is 64.6 Å². The second kappa shape index (κ2) is 12.4. The number of nitrogens with zero attached hydrogens (tertiary/aromatic N) is 5. The zero-order valence-corrected chi connectivity index (χ0v) is 27.9. The Morgan fingerprint density at radius 3 is 2.63 bits per heavy atom. The molecule has 4 aromatic rings. The summed E-state index contributed by atoms with van der Waals surface area (Å²) in [5.41, 5.74) is 7.97. The molecule has 0 bridgehead atoms. The molecule has 5 heterocycles. The number of aromatic nitrogens is 3. The van der Waals surface area contributed by atoms with Gasteiger partial charge in [0.25, 0.3) is 11.5 Å². The van der Waals surface area contributed by atoms with Crippen LogP contribution in [-0.2, 0) is 57.7 Å². The van der Waals surface area contributed by atoms with E-state index in [1.54, 1.807) is 29.1 Å². The van der Waals surface area contributed by atoms with Gasteiger partial charge in [-0.05, 0) is 80.0 Å². The second-order valence-electron chi connectivity index (χ2n) is 12.8. The lowest BCUT2D eigenvalue weighted by Gasteiger charge is -2.34. The van der Waals surface area contributed by atoms with E-state index in [9.17, 15) is 14.7 Å². The lowest BCUT2D eigenvalue weighted by atomic mass is 9.91. The first-order valence-corrected chi connectivity index (χ1v) is 17.1. The van der Waals surface area contributed by atoms with Crippen LogP contribution < -0.4 is 15.8 Å².